The van der Waals surface area contributed by atoms with Crippen LogP contribution in [0.15, 0.2) is 43.1 Å². The topological polar surface area (TPSA) is 98.9 Å². The fourth-order valence-corrected chi connectivity index (χ4v) is 3.26. The summed E-state index contributed by atoms with van der Waals surface area (Å²) in [6.07, 6.45) is 11.1. The zero-order valence-electron chi connectivity index (χ0n) is 15.7. The van der Waals surface area contributed by atoms with Crippen LogP contribution in [0.25, 0.3) is 5.82 Å². The zero-order valence-corrected chi connectivity index (χ0v) is 15.7. The number of carbonyl (C=O) groups is 1. The fourth-order valence-electron chi connectivity index (χ4n) is 3.26. The fraction of sp³-hybridized carbons (Fsp3) is 0.368. The number of amides is 2. The van der Waals surface area contributed by atoms with Crippen molar-refractivity contribution in [3.05, 3.63) is 54.5 Å². The maximum absolute atomic E-state index is 12.3. The van der Waals surface area contributed by atoms with Gasteiger partial charge in [0.2, 0.25) is 0 Å². The van der Waals surface area contributed by atoms with Crippen molar-refractivity contribution in [1.82, 2.24) is 29.6 Å². The SMILES string of the molecule is Cc1nccn1-c1ncccc1CNC(=O)Nc1cnn(CC2CCCO2)c1. The van der Waals surface area contributed by atoms with E-state index in [4.69, 9.17) is 4.74 Å². The third-order valence-corrected chi connectivity index (χ3v) is 4.67. The standard InChI is InChI=1S/C19H23N7O2/c1-14-20-7-8-26(14)18-15(4-2-6-21-18)10-22-19(27)24-16-11-23-25(12-16)13-17-5-3-9-28-17/h2,4,6-8,11-12,17H,3,5,9-10,13H2,1H3,(H2,22,24,27). The molecule has 1 saturated heterocycles. The van der Waals surface area contributed by atoms with Gasteiger partial charge in [0.15, 0.2) is 0 Å². The highest BCUT2D eigenvalue weighted by molar-refractivity contribution is 5.88. The molecule has 4 heterocycles. The second-order valence-electron chi connectivity index (χ2n) is 6.72. The molecule has 9 nitrogen and oxygen atoms in total. The molecule has 1 atom stereocenters. The molecule has 2 N–H and O–H groups in total. The highest BCUT2D eigenvalue weighted by Crippen LogP contribution is 2.15. The molecule has 0 spiro atoms. The summed E-state index contributed by atoms with van der Waals surface area (Å²) >= 11 is 0. The van der Waals surface area contributed by atoms with Gasteiger partial charge in [0.05, 0.1) is 24.5 Å². The molecular weight excluding hydrogens is 358 g/mol. The lowest BCUT2D eigenvalue weighted by molar-refractivity contribution is 0.0940. The minimum atomic E-state index is -0.297. The first-order valence-corrected chi connectivity index (χ1v) is 9.32. The molecule has 0 bridgehead atoms. The van der Waals surface area contributed by atoms with Crippen molar-refractivity contribution >= 4 is 11.7 Å². The van der Waals surface area contributed by atoms with Gasteiger partial charge in [-0.05, 0) is 25.8 Å². The molecule has 1 fully saturated rings. The Bertz CT molecular complexity index is 943. The molecule has 0 aliphatic carbocycles. The predicted molar refractivity (Wildman–Crippen MR) is 103 cm³/mol. The molecule has 3 aromatic heterocycles. The van der Waals surface area contributed by atoms with Crippen LogP contribution in [0, 0.1) is 6.92 Å². The third kappa shape index (κ3) is 4.20. The van der Waals surface area contributed by atoms with E-state index in [2.05, 4.69) is 25.7 Å². The molecular formula is C19H23N7O2. The van der Waals surface area contributed by atoms with Crippen LogP contribution < -0.4 is 10.6 Å². The number of carbonyl (C=O) groups excluding carboxylic acids is 1. The van der Waals surface area contributed by atoms with Gasteiger partial charge in [-0.25, -0.2) is 14.8 Å². The number of urea groups is 1. The van der Waals surface area contributed by atoms with Crippen LogP contribution in [0.4, 0.5) is 10.5 Å². The Labute approximate surface area is 162 Å². The van der Waals surface area contributed by atoms with Crippen LogP contribution in [0.3, 0.4) is 0 Å². The molecule has 9 heteroatoms. The lowest BCUT2D eigenvalue weighted by atomic mass is 10.2. The van der Waals surface area contributed by atoms with E-state index in [-0.39, 0.29) is 12.1 Å². The van der Waals surface area contributed by atoms with Gasteiger partial charge in [-0.3, -0.25) is 9.25 Å². The van der Waals surface area contributed by atoms with Crippen LogP contribution in [0.2, 0.25) is 0 Å². The Morgan fingerprint density at radius 1 is 1.36 bits per heavy atom. The van der Waals surface area contributed by atoms with Gasteiger partial charge in [-0.15, -0.1) is 0 Å². The van der Waals surface area contributed by atoms with Crippen LogP contribution in [-0.4, -0.2) is 43.1 Å². The number of nitrogens with one attached hydrogen (secondary N) is 2. The molecule has 2 amide bonds. The summed E-state index contributed by atoms with van der Waals surface area (Å²) in [6.45, 7) is 3.77. The number of imidazole rings is 1. The van der Waals surface area contributed by atoms with E-state index in [1.54, 1.807) is 23.3 Å². The van der Waals surface area contributed by atoms with Gasteiger partial charge in [0.1, 0.15) is 11.6 Å². The molecule has 4 rings (SSSR count). The summed E-state index contributed by atoms with van der Waals surface area (Å²) in [7, 11) is 0. The van der Waals surface area contributed by atoms with Crippen LogP contribution in [0.5, 0.6) is 0 Å². The summed E-state index contributed by atoms with van der Waals surface area (Å²) in [5.41, 5.74) is 1.54. The van der Waals surface area contributed by atoms with Crippen LogP contribution >= 0.6 is 0 Å². The van der Waals surface area contributed by atoms with E-state index in [0.717, 1.165) is 36.7 Å². The lowest BCUT2D eigenvalue weighted by Gasteiger charge is -2.11. The second kappa shape index (κ2) is 8.22. The molecule has 1 unspecified atom stereocenters. The van der Waals surface area contributed by atoms with E-state index < -0.39 is 0 Å². The maximum atomic E-state index is 12.3. The largest absolute Gasteiger partial charge is 0.376 e. The van der Waals surface area contributed by atoms with E-state index in [1.807, 2.05) is 36.0 Å². The average molecular weight is 381 g/mol. The monoisotopic (exact) mass is 381 g/mol. The molecule has 3 aromatic rings. The Hall–Kier alpha value is -3.20. The number of rotatable bonds is 6. The Morgan fingerprint density at radius 3 is 3.07 bits per heavy atom. The number of pyridine rings is 1. The summed E-state index contributed by atoms with van der Waals surface area (Å²) < 4.78 is 9.30. The van der Waals surface area contributed by atoms with Crippen LogP contribution in [0.1, 0.15) is 24.2 Å². The summed E-state index contributed by atoms with van der Waals surface area (Å²) in [5, 5.41) is 9.96. The molecule has 1 aliphatic rings. The third-order valence-electron chi connectivity index (χ3n) is 4.67. The van der Waals surface area contributed by atoms with Crippen molar-refractivity contribution < 1.29 is 9.53 Å². The minimum Gasteiger partial charge on any atom is -0.376 e. The Kier molecular flexibility index (Phi) is 5.34. The highest BCUT2D eigenvalue weighted by atomic mass is 16.5. The number of nitrogens with zero attached hydrogens (tertiary/aromatic N) is 5. The Balaban J connectivity index is 1.34. The summed E-state index contributed by atoms with van der Waals surface area (Å²) in [5.74, 6) is 1.59. The van der Waals surface area contributed by atoms with Crippen molar-refractivity contribution in [2.75, 3.05) is 11.9 Å². The molecule has 1 aliphatic heterocycles. The van der Waals surface area contributed by atoms with Crippen molar-refractivity contribution in [3.63, 3.8) is 0 Å². The molecule has 0 saturated carbocycles. The normalized spacial score (nSPS) is 16.2. The zero-order chi connectivity index (χ0) is 19.3. The van der Waals surface area contributed by atoms with Crippen molar-refractivity contribution in [2.24, 2.45) is 0 Å². The van der Waals surface area contributed by atoms with Gasteiger partial charge < -0.3 is 15.4 Å². The van der Waals surface area contributed by atoms with E-state index in [9.17, 15) is 4.79 Å². The highest BCUT2D eigenvalue weighted by Gasteiger charge is 2.16. The van der Waals surface area contributed by atoms with Gasteiger partial charge >= 0.3 is 6.03 Å². The smallest absolute Gasteiger partial charge is 0.319 e. The number of ether oxygens (including phenoxy) is 1. The lowest BCUT2D eigenvalue weighted by Crippen LogP contribution is -2.28. The number of hydrogen-bond acceptors (Lipinski definition) is 5. The van der Waals surface area contributed by atoms with E-state index in [0.29, 0.717) is 18.8 Å². The van der Waals surface area contributed by atoms with E-state index in [1.165, 1.54) is 0 Å². The number of hydrogen-bond donors (Lipinski definition) is 2. The first kappa shape index (κ1) is 18.2. The summed E-state index contributed by atoms with van der Waals surface area (Å²) in [6, 6.07) is 3.48. The maximum Gasteiger partial charge on any atom is 0.319 e. The number of anilines is 1. The first-order chi connectivity index (χ1) is 13.7. The van der Waals surface area contributed by atoms with Crippen molar-refractivity contribution in [3.8, 4) is 5.82 Å². The first-order valence-electron chi connectivity index (χ1n) is 9.32. The van der Waals surface area contributed by atoms with Gasteiger partial charge in [-0.1, -0.05) is 6.07 Å². The Morgan fingerprint density at radius 2 is 2.29 bits per heavy atom. The average Bonchev–Trinajstić information content (AvgIpc) is 3.44. The minimum absolute atomic E-state index is 0.206. The molecule has 146 valence electrons. The predicted octanol–water partition coefficient (Wildman–Crippen LogP) is 2.27. The van der Waals surface area contributed by atoms with Gasteiger partial charge in [0.25, 0.3) is 0 Å². The second-order valence-corrected chi connectivity index (χ2v) is 6.72. The van der Waals surface area contributed by atoms with Crippen LogP contribution in [-0.2, 0) is 17.8 Å². The quantitative estimate of drug-likeness (QED) is 0.682. The van der Waals surface area contributed by atoms with Gasteiger partial charge in [0, 0.05) is 43.5 Å². The van der Waals surface area contributed by atoms with E-state index >= 15 is 0 Å². The number of aromatic nitrogens is 5. The van der Waals surface area contributed by atoms with Crippen molar-refractivity contribution in [1.29, 1.82) is 0 Å². The van der Waals surface area contributed by atoms with Gasteiger partial charge in [-0.2, -0.15) is 5.10 Å². The molecule has 0 radical (unpaired) electrons. The van der Waals surface area contributed by atoms with Crippen molar-refractivity contribution in [2.45, 2.75) is 39.0 Å². The molecule has 0 aromatic carbocycles. The summed E-state index contributed by atoms with van der Waals surface area (Å²) in [4.78, 5) is 20.9. The molecule has 28 heavy (non-hydrogen) atoms. The number of aryl methyl sites for hydroxylation is 1.